The number of aryl methyl sites for hydroxylation is 3. The first-order valence-electron chi connectivity index (χ1n) is 6.15. The van der Waals surface area contributed by atoms with Gasteiger partial charge in [-0.3, -0.25) is 10.4 Å². The van der Waals surface area contributed by atoms with E-state index < -0.39 is 0 Å². The van der Waals surface area contributed by atoms with Crippen molar-refractivity contribution in [2.45, 2.75) is 20.8 Å². The van der Waals surface area contributed by atoms with Crippen LogP contribution in [0.25, 0.3) is 0 Å². The number of amidine groups is 1. The summed E-state index contributed by atoms with van der Waals surface area (Å²) < 4.78 is 5.90. The first-order chi connectivity index (χ1) is 9.38. The number of nitrogen functional groups attached to an aromatic ring is 1. The van der Waals surface area contributed by atoms with Crippen LogP contribution in [0, 0.1) is 26.2 Å². The first kappa shape index (κ1) is 14.3. The Labute approximate surface area is 123 Å². The highest BCUT2D eigenvalue weighted by Gasteiger charge is 2.14. The lowest BCUT2D eigenvalue weighted by Crippen LogP contribution is -2.15. The average Bonchev–Trinajstić information content (AvgIpc) is 2.32. The van der Waals surface area contributed by atoms with Gasteiger partial charge < -0.3 is 10.5 Å². The van der Waals surface area contributed by atoms with Crippen molar-refractivity contribution in [3.63, 3.8) is 0 Å². The number of pyridine rings is 1. The van der Waals surface area contributed by atoms with E-state index in [9.17, 15) is 0 Å². The molecular formula is C15H16ClN3O. The van der Waals surface area contributed by atoms with Gasteiger partial charge in [-0.2, -0.15) is 0 Å². The van der Waals surface area contributed by atoms with Crippen LogP contribution in [0.15, 0.2) is 24.3 Å². The van der Waals surface area contributed by atoms with Crippen LogP contribution in [-0.2, 0) is 0 Å². The van der Waals surface area contributed by atoms with Crippen molar-refractivity contribution < 1.29 is 4.74 Å². The van der Waals surface area contributed by atoms with Gasteiger partial charge in [-0.05, 0) is 38.5 Å². The molecule has 0 aliphatic heterocycles. The predicted molar refractivity (Wildman–Crippen MR) is 81.0 cm³/mol. The van der Waals surface area contributed by atoms with E-state index in [1.807, 2.05) is 19.9 Å². The van der Waals surface area contributed by atoms with Gasteiger partial charge in [0.15, 0.2) is 0 Å². The third kappa shape index (κ3) is 2.91. The molecule has 2 rings (SSSR count). The number of nitrogens with two attached hydrogens (primary N) is 1. The van der Waals surface area contributed by atoms with Gasteiger partial charge in [0, 0.05) is 16.8 Å². The summed E-state index contributed by atoms with van der Waals surface area (Å²) in [6.45, 7) is 5.61. The highest BCUT2D eigenvalue weighted by molar-refractivity contribution is 6.30. The molecule has 1 heterocycles. The second-order valence-corrected chi connectivity index (χ2v) is 5.08. The second-order valence-electron chi connectivity index (χ2n) is 4.65. The summed E-state index contributed by atoms with van der Waals surface area (Å²) in [6.07, 6.45) is 0. The number of benzene rings is 1. The van der Waals surface area contributed by atoms with E-state index in [2.05, 4.69) is 4.98 Å². The first-order valence-corrected chi connectivity index (χ1v) is 6.53. The monoisotopic (exact) mass is 289 g/mol. The van der Waals surface area contributed by atoms with Gasteiger partial charge in [0.2, 0.25) is 0 Å². The van der Waals surface area contributed by atoms with Crippen LogP contribution in [-0.4, -0.2) is 10.8 Å². The fraction of sp³-hybridized carbons (Fsp3) is 0.200. The molecule has 0 saturated carbocycles. The minimum Gasteiger partial charge on any atom is -0.456 e. The van der Waals surface area contributed by atoms with E-state index in [-0.39, 0.29) is 5.84 Å². The number of nitrogens with zero attached hydrogens (tertiary/aromatic N) is 1. The van der Waals surface area contributed by atoms with Crippen molar-refractivity contribution in [2.24, 2.45) is 5.73 Å². The number of rotatable bonds is 3. The van der Waals surface area contributed by atoms with Crippen LogP contribution in [0.2, 0.25) is 5.02 Å². The Bertz CT molecular complexity index is 683. The molecule has 5 heteroatoms. The van der Waals surface area contributed by atoms with E-state index in [4.69, 9.17) is 27.5 Å². The highest BCUT2D eigenvalue weighted by atomic mass is 35.5. The normalized spacial score (nSPS) is 10.4. The predicted octanol–water partition coefficient (Wildman–Crippen LogP) is 3.74. The molecule has 0 radical (unpaired) electrons. The molecular weight excluding hydrogens is 274 g/mol. The summed E-state index contributed by atoms with van der Waals surface area (Å²) >= 11 is 5.99. The van der Waals surface area contributed by atoms with Crippen molar-refractivity contribution in [3.8, 4) is 11.5 Å². The van der Waals surface area contributed by atoms with E-state index in [0.717, 1.165) is 11.3 Å². The summed E-state index contributed by atoms with van der Waals surface area (Å²) in [5.41, 5.74) is 8.57. The Balaban J connectivity index is 2.53. The zero-order chi connectivity index (χ0) is 14.9. The van der Waals surface area contributed by atoms with Gasteiger partial charge in [-0.15, -0.1) is 0 Å². The summed E-state index contributed by atoms with van der Waals surface area (Å²) in [4.78, 5) is 4.31. The van der Waals surface area contributed by atoms with E-state index in [1.54, 1.807) is 25.1 Å². The Kier molecular flexibility index (Phi) is 3.95. The molecule has 0 unspecified atom stereocenters. The quantitative estimate of drug-likeness (QED) is 0.668. The van der Waals surface area contributed by atoms with Crippen LogP contribution in [0.3, 0.4) is 0 Å². The van der Waals surface area contributed by atoms with Gasteiger partial charge in [-0.25, -0.2) is 0 Å². The molecule has 0 aliphatic carbocycles. The molecule has 20 heavy (non-hydrogen) atoms. The third-order valence-corrected chi connectivity index (χ3v) is 3.17. The van der Waals surface area contributed by atoms with Crippen LogP contribution in [0.5, 0.6) is 11.5 Å². The molecule has 0 aliphatic rings. The molecule has 104 valence electrons. The molecule has 2 aromatic rings. The zero-order valence-electron chi connectivity index (χ0n) is 11.6. The van der Waals surface area contributed by atoms with Gasteiger partial charge >= 0.3 is 0 Å². The van der Waals surface area contributed by atoms with Crippen LogP contribution in [0.1, 0.15) is 22.5 Å². The van der Waals surface area contributed by atoms with Crippen molar-refractivity contribution in [1.29, 1.82) is 5.41 Å². The SMILES string of the molecule is Cc1cc(Oc2cc(Cl)ccc2C)c(C(=N)N)c(C)n1. The number of aromatic nitrogens is 1. The minimum absolute atomic E-state index is 0.0651. The average molecular weight is 290 g/mol. The van der Waals surface area contributed by atoms with Crippen LogP contribution in [0.4, 0.5) is 0 Å². The largest absolute Gasteiger partial charge is 0.456 e. The number of nitrogens with one attached hydrogen (secondary N) is 1. The van der Waals surface area contributed by atoms with Crippen LogP contribution < -0.4 is 10.5 Å². The van der Waals surface area contributed by atoms with Gasteiger partial charge in [0.1, 0.15) is 17.3 Å². The van der Waals surface area contributed by atoms with Gasteiger partial charge in [-0.1, -0.05) is 17.7 Å². The highest BCUT2D eigenvalue weighted by Crippen LogP contribution is 2.31. The van der Waals surface area contributed by atoms with E-state index in [0.29, 0.717) is 27.8 Å². The lowest BCUT2D eigenvalue weighted by molar-refractivity contribution is 0.476. The molecule has 1 aromatic heterocycles. The Morgan fingerprint density at radius 3 is 2.55 bits per heavy atom. The zero-order valence-corrected chi connectivity index (χ0v) is 12.4. The maximum absolute atomic E-state index is 7.68. The third-order valence-electron chi connectivity index (χ3n) is 2.93. The van der Waals surface area contributed by atoms with E-state index in [1.165, 1.54) is 0 Å². The molecule has 3 N–H and O–H groups in total. The Morgan fingerprint density at radius 2 is 1.90 bits per heavy atom. The van der Waals surface area contributed by atoms with Gasteiger partial charge in [0.05, 0.1) is 11.3 Å². The summed E-state index contributed by atoms with van der Waals surface area (Å²) in [6, 6.07) is 7.20. The van der Waals surface area contributed by atoms with Crippen molar-refractivity contribution in [2.75, 3.05) is 0 Å². The molecule has 0 saturated heterocycles. The lowest BCUT2D eigenvalue weighted by Gasteiger charge is -2.14. The fourth-order valence-electron chi connectivity index (χ4n) is 2.00. The number of ether oxygens (including phenoxy) is 1. The Hall–Kier alpha value is -2.07. The molecule has 0 atom stereocenters. The van der Waals surface area contributed by atoms with Crippen molar-refractivity contribution >= 4 is 17.4 Å². The molecule has 0 amide bonds. The smallest absolute Gasteiger partial charge is 0.141 e. The molecule has 1 aromatic carbocycles. The fourth-order valence-corrected chi connectivity index (χ4v) is 2.17. The summed E-state index contributed by atoms with van der Waals surface area (Å²) in [7, 11) is 0. The molecule has 0 bridgehead atoms. The molecule has 4 nitrogen and oxygen atoms in total. The Morgan fingerprint density at radius 1 is 1.20 bits per heavy atom. The topological polar surface area (TPSA) is 72.0 Å². The maximum Gasteiger partial charge on any atom is 0.141 e. The maximum atomic E-state index is 7.68. The summed E-state index contributed by atoms with van der Waals surface area (Å²) in [5.74, 6) is 1.10. The van der Waals surface area contributed by atoms with Crippen molar-refractivity contribution in [1.82, 2.24) is 4.98 Å². The van der Waals surface area contributed by atoms with Gasteiger partial charge in [0.25, 0.3) is 0 Å². The van der Waals surface area contributed by atoms with E-state index >= 15 is 0 Å². The second kappa shape index (κ2) is 5.51. The number of halogens is 1. The number of hydrogen-bond donors (Lipinski definition) is 2. The molecule has 0 fully saturated rings. The van der Waals surface area contributed by atoms with Crippen LogP contribution >= 0.6 is 11.6 Å². The lowest BCUT2D eigenvalue weighted by atomic mass is 10.1. The minimum atomic E-state index is -0.0651. The van der Waals surface area contributed by atoms with Crippen molar-refractivity contribution in [3.05, 3.63) is 51.8 Å². The number of hydrogen-bond acceptors (Lipinski definition) is 3. The standard InChI is InChI=1S/C15H16ClN3O/c1-8-4-5-11(16)7-12(8)20-13-6-9(2)19-10(3)14(13)15(17)18/h4-7H,1-3H3,(H3,17,18). The summed E-state index contributed by atoms with van der Waals surface area (Å²) in [5, 5.41) is 8.28. The molecule has 0 spiro atoms.